The first-order chi connectivity index (χ1) is 5.36. The first-order valence-corrected chi connectivity index (χ1v) is 3.37. The van der Waals surface area contributed by atoms with Crippen LogP contribution in [-0.4, -0.2) is 44.1 Å². The lowest BCUT2D eigenvalue weighted by Gasteiger charge is -2.31. The van der Waals surface area contributed by atoms with Crippen LogP contribution in [0.25, 0.3) is 0 Å². The van der Waals surface area contributed by atoms with E-state index in [-0.39, 0.29) is 12.2 Å². The molecule has 6 heteroatoms. The van der Waals surface area contributed by atoms with E-state index >= 15 is 0 Å². The lowest BCUT2D eigenvalue weighted by molar-refractivity contribution is -0.169. The van der Waals surface area contributed by atoms with Gasteiger partial charge < -0.3 is 9.84 Å². The quantitative estimate of drug-likeness (QED) is 0.560. The summed E-state index contributed by atoms with van der Waals surface area (Å²) in [6.07, 6.45) is 0.815. The average molecular weight is 156 g/mol. The number of tetrazole rings is 1. The molecule has 0 radical (unpaired) electrons. The molecule has 2 heterocycles. The van der Waals surface area contributed by atoms with Gasteiger partial charge in [-0.3, -0.25) is 0 Å². The Labute approximate surface area is 62.8 Å². The van der Waals surface area contributed by atoms with Gasteiger partial charge in [0.15, 0.2) is 6.33 Å². The molecule has 2 rings (SSSR count). The van der Waals surface area contributed by atoms with Gasteiger partial charge in [-0.15, -0.1) is 10.2 Å². The molecule has 11 heavy (non-hydrogen) atoms. The second kappa shape index (κ2) is 2.55. The third-order valence-corrected chi connectivity index (χ3v) is 1.64. The Morgan fingerprint density at radius 2 is 2.64 bits per heavy atom. The van der Waals surface area contributed by atoms with Gasteiger partial charge in [-0.05, 0) is 5.21 Å². The van der Waals surface area contributed by atoms with Gasteiger partial charge in [-0.2, -0.15) is 4.80 Å². The molecule has 0 saturated carbocycles. The highest BCUT2D eigenvalue weighted by Gasteiger charge is 2.30. The summed E-state index contributed by atoms with van der Waals surface area (Å²) >= 11 is 0. The highest BCUT2D eigenvalue weighted by atomic mass is 16.5. The Balaban J connectivity index is 1.91. The molecule has 0 bridgehead atoms. The lowest BCUT2D eigenvalue weighted by atomic mass is 10.1. The monoisotopic (exact) mass is 156 g/mol. The van der Waals surface area contributed by atoms with Crippen LogP contribution >= 0.6 is 0 Å². The summed E-state index contributed by atoms with van der Waals surface area (Å²) in [4.78, 5) is 1.40. The standard InChI is InChI=1S/C5H8N4O2/c10-4-2-11-5(4)1-9-7-3-6-8-9/h3-5,10H,1-2H2. The van der Waals surface area contributed by atoms with Crippen molar-refractivity contribution < 1.29 is 9.84 Å². The predicted molar refractivity (Wildman–Crippen MR) is 33.6 cm³/mol. The summed E-state index contributed by atoms with van der Waals surface area (Å²) in [5, 5.41) is 20.0. The Kier molecular flexibility index (Phi) is 1.55. The minimum Gasteiger partial charge on any atom is -0.388 e. The van der Waals surface area contributed by atoms with E-state index in [1.54, 1.807) is 0 Å². The zero-order chi connectivity index (χ0) is 7.68. The molecule has 1 aliphatic rings. The number of hydrogen-bond donors (Lipinski definition) is 1. The van der Waals surface area contributed by atoms with E-state index in [0.29, 0.717) is 13.2 Å². The number of hydrogen-bond acceptors (Lipinski definition) is 5. The molecule has 0 amide bonds. The summed E-state index contributed by atoms with van der Waals surface area (Å²) in [6, 6.07) is 0. The van der Waals surface area contributed by atoms with Gasteiger partial charge in [0.1, 0.15) is 12.2 Å². The zero-order valence-electron chi connectivity index (χ0n) is 5.79. The van der Waals surface area contributed by atoms with Gasteiger partial charge >= 0.3 is 0 Å². The summed E-state index contributed by atoms with van der Waals surface area (Å²) in [6.45, 7) is 0.889. The number of aliphatic hydroxyl groups is 1. The highest BCUT2D eigenvalue weighted by Crippen LogP contribution is 2.12. The second-order valence-electron chi connectivity index (χ2n) is 2.43. The number of aromatic nitrogens is 4. The lowest BCUT2D eigenvalue weighted by Crippen LogP contribution is -2.47. The van der Waals surface area contributed by atoms with Gasteiger partial charge in [0.05, 0.1) is 13.2 Å². The smallest absolute Gasteiger partial charge is 0.162 e. The van der Waals surface area contributed by atoms with Gasteiger partial charge in [-0.1, -0.05) is 0 Å². The molecule has 0 spiro atoms. The summed E-state index contributed by atoms with van der Waals surface area (Å²) in [5.41, 5.74) is 0. The number of nitrogens with zero attached hydrogens (tertiary/aromatic N) is 4. The van der Waals surface area contributed by atoms with Crippen molar-refractivity contribution in [1.82, 2.24) is 20.2 Å². The molecule has 2 unspecified atom stereocenters. The van der Waals surface area contributed by atoms with Crippen LogP contribution in [0.5, 0.6) is 0 Å². The number of rotatable bonds is 2. The topological polar surface area (TPSA) is 73.1 Å². The van der Waals surface area contributed by atoms with Gasteiger partial charge in [0.2, 0.25) is 0 Å². The van der Waals surface area contributed by atoms with Crippen LogP contribution < -0.4 is 0 Å². The third kappa shape index (κ3) is 1.22. The van der Waals surface area contributed by atoms with Crippen molar-refractivity contribution in [2.75, 3.05) is 6.61 Å². The Bertz CT molecular complexity index is 224. The number of aliphatic hydroxyl groups excluding tert-OH is 1. The van der Waals surface area contributed by atoms with Crippen LogP contribution in [0.1, 0.15) is 0 Å². The Morgan fingerprint density at radius 3 is 3.09 bits per heavy atom. The average Bonchev–Trinajstić information content (AvgIpc) is 2.49. The van der Waals surface area contributed by atoms with Gasteiger partial charge in [0, 0.05) is 0 Å². The van der Waals surface area contributed by atoms with Crippen molar-refractivity contribution in [2.24, 2.45) is 0 Å². The van der Waals surface area contributed by atoms with E-state index in [9.17, 15) is 0 Å². The van der Waals surface area contributed by atoms with Crippen LogP contribution in [0, 0.1) is 0 Å². The van der Waals surface area contributed by atoms with Crippen LogP contribution in [0.4, 0.5) is 0 Å². The van der Waals surface area contributed by atoms with Crippen LogP contribution in [0.15, 0.2) is 6.33 Å². The SMILES string of the molecule is OC1COC1Cn1ncnn1. The van der Waals surface area contributed by atoms with E-state index in [0.717, 1.165) is 0 Å². The van der Waals surface area contributed by atoms with Crippen LogP contribution in [0.3, 0.4) is 0 Å². The molecule has 1 N–H and O–H groups in total. The van der Waals surface area contributed by atoms with Crippen molar-refractivity contribution in [3.05, 3.63) is 6.33 Å². The minimum atomic E-state index is -0.374. The van der Waals surface area contributed by atoms with Crippen molar-refractivity contribution in [3.8, 4) is 0 Å². The molecule has 1 saturated heterocycles. The molecular formula is C5H8N4O2. The Morgan fingerprint density at radius 1 is 1.73 bits per heavy atom. The molecule has 1 aliphatic heterocycles. The minimum absolute atomic E-state index is 0.163. The first kappa shape index (κ1) is 6.68. The van der Waals surface area contributed by atoms with E-state index < -0.39 is 0 Å². The fourth-order valence-electron chi connectivity index (χ4n) is 0.926. The maximum atomic E-state index is 9.09. The van der Waals surface area contributed by atoms with E-state index in [1.807, 2.05) is 0 Å². The number of ether oxygens (including phenoxy) is 1. The third-order valence-electron chi connectivity index (χ3n) is 1.64. The van der Waals surface area contributed by atoms with Crippen molar-refractivity contribution in [2.45, 2.75) is 18.8 Å². The molecule has 2 atom stereocenters. The molecule has 1 aromatic heterocycles. The highest BCUT2D eigenvalue weighted by molar-refractivity contribution is 4.76. The molecule has 60 valence electrons. The van der Waals surface area contributed by atoms with Gasteiger partial charge in [0.25, 0.3) is 0 Å². The normalized spacial score (nSPS) is 29.9. The van der Waals surface area contributed by atoms with Crippen molar-refractivity contribution in [3.63, 3.8) is 0 Å². The van der Waals surface area contributed by atoms with E-state index in [1.165, 1.54) is 11.1 Å². The molecular weight excluding hydrogens is 148 g/mol. The zero-order valence-corrected chi connectivity index (χ0v) is 5.79. The summed E-state index contributed by atoms with van der Waals surface area (Å²) in [7, 11) is 0. The van der Waals surface area contributed by atoms with Crippen LogP contribution in [-0.2, 0) is 11.3 Å². The van der Waals surface area contributed by atoms with Crippen molar-refractivity contribution in [1.29, 1.82) is 0 Å². The maximum absolute atomic E-state index is 9.09. The molecule has 0 aromatic carbocycles. The second-order valence-corrected chi connectivity index (χ2v) is 2.43. The van der Waals surface area contributed by atoms with Crippen molar-refractivity contribution >= 4 is 0 Å². The maximum Gasteiger partial charge on any atom is 0.162 e. The van der Waals surface area contributed by atoms with Crippen LogP contribution in [0.2, 0.25) is 0 Å². The summed E-state index contributed by atoms with van der Waals surface area (Å²) in [5.74, 6) is 0. The molecule has 6 nitrogen and oxygen atoms in total. The molecule has 0 aliphatic carbocycles. The fourth-order valence-corrected chi connectivity index (χ4v) is 0.926. The first-order valence-electron chi connectivity index (χ1n) is 3.37. The van der Waals surface area contributed by atoms with E-state index in [4.69, 9.17) is 9.84 Å². The Hall–Kier alpha value is -1.01. The fraction of sp³-hybridized carbons (Fsp3) is 0.800. The largest absolute Gasteiger partial charge is 0.388 e. The summed E-state index contributed by atoms with van der Waals surface area (Å²) < 4.78 is 5.04. The molecule has 1 aromatic rings. The molecule has 1 fully saturated rings. The van der Waals surface area contributed by atoms with E-state index in [2.05, 4.69) is 15.4 Å². The van der Waals surface area contributed by atoms with Gasteiger partial charge in [-0.25, -0.2) is 0 Å². The predicted octanol–water partition coefficient (Wildman–Crippen LogP) is -1.57.